The third kappa shape index (κ3) is 2.27. The van der Waals surface area contributed by atoms with E-state index in [2.05, 4.69) is 22.1 Å². The lowest BCUT2D eigenvalue weighted by molar-refractivity contribution is 0.0949. The maximum Gasteiger partial charge on any atom is 0.251 e. The van der Waals surface area contributed by atoms with Crippen LogP contribution in [0.1, 0.15) is 28.8 Å². The van der Waals surface area contributed by atoms with E-state index >= 15 is 0 Å². The molecule has 4 rings (SSSR count). The van der Waals surface area contributed by atoms with Gasteiger partial charge < -0.3 is 14.8 Å². The Morgan fingerprint density at radius 3 is 2.86 bits per heavy atom. The van der Waals surface area contributed by atoms with Crippen molar-refractivity contribution in [3.8, 4) is 11.5 Å². The molecule has 0 atom stereocenters. The summed E-state index contributed by atoms with van der Waals surface area (Å²) < 4.78 is 10.6. The molecule has 1 aliphatic heterocycles. The summed E-state index contributed by atoms with van der Waals surface area (Å²) in [5.41, 5.74) is 2.12. The molecule has 1 aromatic heterocycles. The monoisotopic (exact) mass is 301 g/mol. The first-order valence-electron chi connectivity index (χ1n) is 6.97. The van der Waals surface area contributed by atoms with Crippen LogP contribution in [0.25, 0.3) is 0 Å². The lowest BCUT2D eigenvalue weighted by atomic mass is 9.99. The Morgan fingerprint density at radius 2 is 2.10 bits per heavy atom. The van der Waals surface area contributed by atoms with E-state index in [0.29, 0.717) is 23.6 Å². The highest BCUT2D eigenvalue weighted by Crippen LogP contribution is 2.48. The fraction of sp³-hybridized carbons (Fsp3) is 0.312. The standard InChI is InChI=1S/C16H15NO3S/c18-15(11-1-2-13-14(7-11)20-10-19-13)17-9-16(4-5-16)12-3-6-21-8-12/h1-3,6-8H,4-5,9-10H2,(H,17,18). The molecule has 2 aliphatic rings. The van der Waals surface area contributed by atoms with Gasteiger partial charge >= 0.3 is 0 Å². The molecule has 2 heterocycles. The minimum Gasteiger partial charge on any atom is -0.454 e. The summed E-state index contributed by atoms with van der Waals surface area (Å²) >= 11 is 1.71. The van der Waals surface area contributed by atoms with Crippen LogP contribution in [0, 0.1) is 0 Å². The predicted octanol–water partition coefficient (Wildman–Crippen LogP) is 2.94. The molecule has 0 saturated heterocycles. The molecule has 5 heteroatoms. The van der Waals surface area contributed by atoms with Crippen LogP contribution in [-0.4, -0.2) is 19.2 Å². The number of thiophene rings is 1. The minimum atomic E-state index is -0.0604. The van der Waals surface area contributed by atoms with Gasteiger partial charge in [0.25, 0.3) is 5.91 Å². The molecule has 0 spiro atoms. The number of hydrogen-bond acceptors (Lipinski definition) is 4. The summed E-state index contributed by atoms with van der Waals surface area (Å²) in [6.07, 6.45) is 2.29. The molecule has 21 heavy (non-hydrogen) atoms. The van der Waals surface area contributed by atoms with Crippen molar-refractivity contribution in [2.75, 3.05) is 13.3 Å². The van der Waals surface area contributed by atoms with Gasteiger partial charge in [0.05, 0.1) is 0 Å². The molecule has 108 valence electrons. The van der Waals surface area contributed by atoms with E-state index in [1.165, 1.54) is 5.56 Å². The zero-order valence-corrected chi connectivity index (χ0v) is 12.2. The van der Waals surface area contributed by atoms with Gasteiger partial charge in [-0.3, -0.25) is 4.79 Å². The van der Waals surface area contributed by atoms with Gasteiger partial charge in [0.15, 0.2) is 11.5 Å². The number of ether oxygens (including phenoxy) is 2. The topological polar surface area (TPSA) is 47.6 Å². The Kier molecular flexibility index (Phi) is 2.89. The molecule has 1 fully saturated rings. The van der Waals surface area contributed by atoms with Gasteiger partial charge in [-0.1, -0.05) is 0 Å². The maximum atomic E-state index is 12.3. The van der Waals surface area contributed by atoms with Gasteiger partial charge in [-0.15, -0.1) is 0 Å². The van der Waals surface area contributed by atoms with Crippen LogP contribution in [0.4, 0.5) is 0 Å². The molecule has 4 nitrogen and oxygen atoms in total. The Labute approximate surface area is 126 Å². The summed E-state index contributed by atoms with van der Waals surface area (Å²) in [7, 11) is 0. The number of amides is 1. The number of rotatable bonds is 4. The average molecular weight is 301 g/mol. The van der Waals surface area contributed by atoms with Gasteiger partial charge in [-0.05, 0) is 53.4 Å². The van der Waals surface area contributed by atoms with Gasteiger partial charge in [-0.2, -0.15) is 11.3 Å². The molecule has 1 saturated carbocycles. The fourth-order valence-electron chi connectivity index (χ4n) is 2.67. The Hall–Kier alpha value is -2.01. The molecule has 2 aromatic rings. The van der Waals surface area contributed by atoms with Gasteiger partial charge in [0, 0.05) is 17.5 Å². The second-order valence-electron chi connectivity index (χ2n) is 5.54. The van der Waals surface area contributed by atoms with Crippen molar-refractivity contribution in [3.63, 3.8) is 0 Å². The van der Waals surface area contributed by atoms with E-state index in [-0.39, 0.29) is 18.1 Å². The van der Waals surface area contributed by atoms with E-state index in [4.69, 9.17) is 9.47 Å². The van der Waals surface area contributed by atoms with Gasteiger partial charge in [0.1, 0.15) is 0 Å². The zero-order valence-electron chi connectivity index (χ0n) is 11.4. The van der Waals surface area contributed by atoms with Gasteiger partial charge in [0.2, 0.25) is 6.79 Å². The number of nitrogens with one attached hydrogen (secondary N) is 1. The van der Waals surface area contributed by atoms with Crippen LogP contribution in [-0.2, 0) is 5.41 Å². The Bertz CT molecular complexity index is 677. The minimum absolute atomic E-state index is 0.0604. The molecule has 1 aromatic carbocycles. The highest BCUT2D eigenvalue weighted by molar-refractivity contribution is 7.08. The SMILES string of the molecule is O=C(NCC1(c2ccsc2)CC1)c1ccc2c(c1)OCO2. The first-order chi connectivity index (χ1) is 10.3. The third-order valence-corrected chi connectivity index (χ3v) is 4.89. The van der Waals surface area contributed by atoms with E-state index in [1.54, 1.807) is 29.5 Å². The van der Waals surface area contributed by atoms with Gasteiger partial charge in [-0.25, -0.2) is 0 Å². The molecular weight excluding hydrogens is 286 g/mol. The molecule has 0 unspecified atom stereocenters. The van der Waals surface area contributed by atoms with Crippen LogP contribution in [0.15, 0.2) is 35.0 Å². The highest BCUT2D eigenvalue weighted by Gasteiger charge is 2.44. The summed E-state index contributed by atoms with van der Waals surface area (Å²) in [5, 5.41) is 7.32. The van der Waals surface area contributed by atoms with Crippen molar-refractivity contribution in [3.05, 3.63) is 46.2 Å². The van der Waals surface area contributed by atoms with Crippen molar-refractivity contribution in [1.82, 2.24) is 5.32 Å². The van der Waals surface area contributed by atoms with Crippen molar-refractivity contribution < 1.29 is 14.3 Å². The lowest BCUT2D eigenvalue weighted by Gasteiger charge is -2.15. The van der Waals surface area contributed by atoms with Crippen molar-refractivity contribution in [2.45, 2.75) is 18.3 Å². The summed E-state index contributed by atoms with van der Waals surface area (Å²) in [6.45, 7) is 0.915. The number of carbonyl (C=O) groups excluding carboxylic acids is 1. The Morgan fingerprint density at radius 1 is 1.24 bits per heavy atom. The predicted molar refractivity (Wildman–Crippen MR) is 80.1 cm³/mol. The van der Waals surface area contributed by atoms with Crippen molar-refractivity contribution >= 4 is 17.2 Å². The molecular formula is C16H15NO3S. The van der Waals surface area contributed by atoms with Crippen LogP contribution in [0.3, 0.4) is 0 Å². The smallest absolute Gasteiger partial charge is 0.251 e. The van der Waals surface area contributed by atoms with Crippen LogP contribution in [0.2, 0.25) is 0 Å². The largest absolute Gasteiger partial charge is 0.454 e. The normalized spacial score (nSPS) is 17.5. The van der Waals surface area contributed by atoms with Crippen LogP contribution in [0.5, 0.6) is 11.5 Å². The molecule has 0 radical (unpaired) electrons. The van der Waals surface area contributed by atoms with E-state index in [1.807, 2.05) is 0 Å². The quantitative estimate of drug-likeness (QED) is 0.944. The van der Waals surface area contributed by atoms with Crippen molar-refractivity contribution in [1.29, 1.82) is 0 Å². The van der Waals surface area contributed by atoms with Crippen LogP contribution >= 0.6 is 11.3 Å². The molecule has 1 aliphatic carbocycles. The van der Waals surface area contributed by atoms with E-state index in [0.717, 1.165) is 12.8 Å². The molecule has 0 bridgehead atoms. The number of carbonyl (C=O) groups is 1. The average Bonchev–Trinajstić information content (AvgIpc) is 2.96. The second kappa shape index (κ2) is 4.77. The van der Waals surface area contributed by atoms with Crippen molar-refractivity contribution in [2.24, 2.45) is 0 Å². The fourth-order valence-corrected chi connectivity index (χ4v) is 3.45. The van der Waals surface area contributed by atoms with Crippen LogP contribution < -0.4 is 14.8 Å². The Balaban J connectivity index is 1.45. The highest BCUT2D eigenvalue weighted by atomic mass is 32.1. The summed E-state index contributed by atoms with van der Waals surface area (Å²) in [6, 6.07) is 7.45. The zero-order chi connectivity index (χ0) is 14.3. The first kappa shape index (κ1) is 12.7. The summed E-state index contributed by atoms with van der Waals surface area (Å²) in [4.78, 5) is 12.3. The lowest BCUT2D eigenvalue weighted by Crippen LogP contribution is -2.32. The molecule has 1 amide bonds. The van der Waals surface area contributed by atoms with E-state index < -0.39 is 0 Å². The maximum absolute atomic E-state index is 12.3. The van der Waals surface area contributed by atoms with E-state index in [9.17, 15) is 4.79 Å². The molecule has 1 N–H and O–H groups in total. The summed E-state index contributed by atoms with van der Waals surface area (Å²) in [5.74, 6) is 1.28. The second-order valence-corrected chi connectivity index (χ2v) is 6.32. The first-order valence-corrected chi connectivity index (χ1v) is 7.92. The third-order valence-electron chi connectivity index (χ3n) is 4.21. The number of benzene rings is 1. The number of fused-ring (bicyclic) bond motifs is 1. The number of hydrogen-bond donors (Lipinski definition) is 1.